The second-order valence-corrected chi connectivity index (χ2v) is 6.85. The van der Waals surface area contributed by atoms with Crippen molar-refractivity contribution < 1.29 is 24.3 Å². The lowest BCUT2D eigenvalue weighted by atomic mass is 10.0. The quantitative estimate of drug-likeness (QED) is 0.239. The zero-order valence-electron chi connectivity index (χ0n) is 15.4. The SMILES string of the molecule is NC(=O)C[C@H](NC(=O)[C@@H](N)Cc1c[nH]c2ccccc12)C(=O)N[C@@H](CS)C(=O)O. The molecule has 2 aromatic rings. The van der Waals surface area contributed by atoms with Crippen molar-refractivity contribution in [3.63, 3.8) is 0 Å². The lowest BCUT2D eigenvalue weighted by Crippen LogP contribution is -2.56. The van der Waals surface area contributed by atoms with Crippen LogP contribution in [0.2, 0.25) is 0 Å². The molecule has 0 spiro atoms. The lowest BCUT2D eigenvalue weighted by molar-refractivity contribution is -0.141. The van der Waals surface area contributed by atoms with Gasteiger partial charge in [-0.2, -0.15) is 12.6 Å². The molecule has 3 atom stereocenters. The Morgan fingerprint density at radius 2 is 1.76 bits per heavy atom. The number of aromatic nitrogens is 1. The third kappa shape index (κ3) is 5.96. The summed E-state index contributed by atoms with van der Waals surface area (Å²) >= 11 is 3.85. The summed E-state index contributed by atoms with van der Waals surface area (Å²) in [5.41, 5.74) is 12.8. The number of primary amides is 1. The number of H-pyrrole nitrogens is 1. The standard InChI is InChI=1S/C18H23N5O5S/c19-11(5-9-7-21-12-4-2-1-3-10(9)12)16(25)22-13(6-15(20)24)17(26)23-14(8-29)18(27)28/h1-4,7,11,13-14,21,29H,5-6,8,19H2,(H2,20,24)(H,22,25)(H,23,26)(H,27,28)/t11-,13-,14-/m0/s1. The summed E-state index contributed by atoms with van der Waals surface area (Å²) in [5, 5.41) is 14.5. The summed E-state index contributed by atoms with van der Waals surface area (Å²) in [5.74, 6) is -3.84. The Kier molecular flexibility index (Phi) is 7.62. The Bertz CT molecular complexity index is 915. The van der Waals surface area contributed by atoms with Crippen LogP contribution in [0.3, 0.4) is 0 Å². The van der Waals surface area contributed by atoms with E-state index in [0.29, 0.717) is 0 Å². The number of benzene rings is 1. The van der Waals surface area contributed by atoms with Gasteiger partial charge in [-0.25, -0.2) is 4.79 Å². The van der Waals surface area contributed by atoms with Crippen LogP contribution in [0.1, 0.15) is 12.0 Å². The molecule has 3 amide bonds. The van der Waals surface area contributed by atoms with E-state index in [0.717, 1.165) is 16.5 Å². The van der Waals surface area contributed by atoms with Crippen LogP contribution in [-0.4, -0.2) is 57.7 Å². The number of thiol groups is 1. The highest BCUT2D eigenvalue weighted by molar-refractivity contribution is 7.80. The fourth-order valence-electron chi connectivity index (χ4n) is 2.78. The number of carbonyl (C=O) groups excluding carboxylic acids is 3. The number of para-hydroxylation sites is 1. The van der Waals surface area contributed by atoms with Crippen LogP contribution >= 0.6 is 12.6 Å². The first kappa shape index (κ1) is 22.2. The fraction of sp³-hybridized carbons (Fsp3) is 0.333. The molecule has 1 heterocycles. The largest absolute Gasteiger partial charge is 0.480 e. The molecule has 8 N–H and O–H groups in total. The number of rotatable bonds is 10. The highest BCUT2D eigenvalue weighted by atomic mass is 32.1. The van der Waals surface area contributed by atoms with Gasteiger partial charge in [-0.3, -0.25) is 14.4 Å². The molecule has 0 bridgehead atoms. The number of hydrogen-bond donors (Lipinski definition) is 7. The molecule has 1 aromatic heterocycles. The monoisotopic (exact) mass is 421 g/mol. The molecule has 0 unspecified atom stereocenters. The van der Waals surface area contributed by atoms with Crippen LogP contribution in [0.25, 0.3) is 10.9 Å². The minimum absolute atomic E-state index is 0.168. The van der Waals surface area contributed by atoms with Crippen molar-refractivity contribution in [1.29, 1.82) is 0 Å². The average molecular weight is 421 g/mol. The second-order valence-electron chi connectivity index (χ2n) is 6.48. The van der Waals surface area contributed by atoms with E-state index in [9.17, 15) is 19.2 Å². The molecule has 0 aliphatic carbocycles. The third-order valence-corrected chi connectivity index (χ3v) is 4.65. The van der Waals surface area contributed by atoms with E-state index in [1.54, 1.807) is 6.20 Å². The van der Waals surface area contributed by atoms with Crippen LogP contribution < -0.4 is 22.1 Å². The minimum atomic E-state index is -1.35. The molecule has 0 saturated heterocycles. The van der Waals surface area contributed by atoms with Crippen LogP contribution in [0.15, 0.2) is 30.5 Å². The Morgan fingerprint density at radius 1 is 1.10 bits per heavy atom. The zero-order valence-corrected chi connectivity index (χ0v) is 16.3. The van der Waals surface area contributed by atoms with Crippen LogP contribution in [0, 0.1) is 0 Å². The van der Waals surface area contributed by atoms with Crippen LogP contribution in [0.5, 0.6) is 0 Å². The maximum atomic E-state index is 12.5. The number of aromatic amines is 1. The first-order chi connectivity index (χ1) is 13.7. The number of amides is 3. The van der Waals surface area contributed by atoms with Crippen molar-refractivity contribution in [3.8, 4) is 0 Å². The number of nitrogens with two attached hydrogens (primary N) is 2. The summed E-state index contributed by atoms with van der Waals surface area (Å²) in [6.45, 7) is 0. The minimum Gasteiger partial charge on any atom is -0.480 e. The number of carbonyl (C=O) groups is 4. The molecule has 156 valence electrons. The molecule has 0 aliphatic heterocycles. The number of hydrogen-bond acceptors (Lipinski definition) is 6. The van der Waals surface area contributed by atoms with Gasteiger partial charge in [0.15, 0.2) is 0 Å². The molecule has 1 aromatic carbocycles. The molecule has 0 aliphatic rings. The molecule has 0 saturated carbocycles. The Morgan fingerprint density at radius 3 is 2.38 bits per heavy atom. The summed E-state index contributed by atoms with van der Waals surface area (Å²) < 4.78 is 0. The van der Waals surface area contributed by atoms with Crippen LogP contribution in [0.4, 0.5) is 0 Å². The number of carboxylic acids is 1. The van der Waals surface area contributed by atoms with E-state index in [4.69, 9.17) is 16.6 Å². The average Bonchev–Trinajstić information content (AvgIpc) is 3.07. The van der Waals surface area contributed by atoms with Gasteiger partial charge in [0.1, 0.15) is 12.1 Å². The fourth-order valence-corrected chi connectivity index (χ4v) is 3.02. The van der Waals surface area contributed by atoms with Crippen molar-refractivity contribution in [2.75, 3.05) is 5.75 Å². The normalized spacial score (nSPS) is 14.0. The zero-order chi connectivity index (χ0) is 21.6. The highest BCUT2D eigenvalue weighted by Gasteiger charge is 2.28. The van der Waals surface area contributed by atoms with Crippen molar-refractivity contribution in [1.82, 2.24) is 15.6 Å². The van der Waals surface area contributed by atoms with Gasteiger partial charge in [0, 0.05) is 22.9 Å². The van der Waals surface area contributed by atoms with Crippen molar-refractivity contribution >= 4 is 47.2 Å². The number of fused-ring (bicyclic) bond motifs is 1. The number of carboxylic acid groups (broad SMARTS) is 1. The van der Waals surface area contributed by atoms with Crippen LogP contribution in [-0.2, 0) is 25.6 Å². The Balaban J connectivity index is 2.07. The molecular weight excluding hydrogens is 398 g/mol. The Labute approximate surface area is 171 Å². The van der Waals surface area contributed by atoms with E-state index in [2.05, 4.69) is 28.2 Å². The number of aliphatic carboxylic acids is 1. The predicted molar refractivity (Wildman–Crippen MR) is 109 cm³/mol. The number of nitrogens with one attached hydrogen (secondary N) is 3. The summed E-state index contributed by atoms with van der Waals surface area (Å²) in [4.78, 5) is 50.2. The smallest absolute Gasteiger partial charge is 0.327 e. The molecule has 10 nitrogen and oxygen atoms in total. The van der Waals surface area contributed by atoms with E-state index in [1.807, 2.05) is 24.3 Å². The maximum absolute atomic E-state index is 12.5. The first-order valence-electron chi connectivity index (χ1n) is 8.76. The van der Waals surface area contributed by atoms with Gasteiger partial charge in [0.2, 0.25) is 17.7 Å². The summed E-state index contributed by atoms with van der Waals surface area (Å²) in [6, 6.07) is 3.87. The lowest BCUT2D eigenvalue weighted by Gasteiger charge is -2.21. The molecule has 0 radical (unpaired) electrons. The molecule has 11 heteroatoms. The molecule has 29 heavy (non-hydrogen) atoms. The summed E-state index contributed by atoms with van der Waals surface area (Å²) in [6.07, 6.45) is 1.43. The highest BCUT2D eigenvalue weighted by Crippen LogP contribution is 2.18. The van der Waals surface area contributed by atoms with Crippen molar-refractivity contribution in [2.45, 2.75) is 31.0 Å². The maximum Gasteiger partial charge on any atom is 0.327 e. The van der Waals surface area contributed by atoms with Crippen molar-refractivity contribution in [2.24, 2.45) is 11.5 Å². The molecule has 0 fully saturated rings. The molecular formula is C18H23N5O5S. The van der Waals surface area contributed by atoms with Gasteiger partial charge in [0.25, 0.3) is 0 Å². The Hall–Kier alpha value is -3.05. The van der Waals surface area contributed by atoms with Gasteiger partial charge < -0.3 is 32.2 Å². The van der Waals surface area contributed by atoms with E-state index in [1.165, 1.54) is 0 Å². The van der Waals surface area contributed by atoms with E-state index >= 15 is 0 Å². The van der Waals surface area contributed by atoms with E-state index < -0.39 is 48.2 Å². The predicted octanol–water partition coefficient (Wildman–Crippen LogP) is -1.10. The molecule has 2 rings (SSSR count). The van der Waals surface area contributed by atoms with Gasteiger partial charge >= 0.3 is 5.97 Å². The van der Waals surface area contributed by atoms with E-state index in [-0.39, 0.29) is 12.2 Å². The van der Waals surface area contributed by atoms with Gasteiger partial charge in [-0.05, 0) is 18.1 Å². The van der Waals surface area contributed by atoms with Crippen molar-refractivity contribution in [3.05, 3.63) is 36.0 Å². The summed E-state index contributed by atoms with van der Waals surface area (Å²) in [7, 11) is 0. The van der Waals surface area contributed by atoms with Gasteiger partial charge in [-0.1, -0.05) is 18.2 Å². The first-order valence-corrected chi connectivity index (χ1v) is 9.39. The second kappa shape index (κ2) is 9.94. The van der Waals surface area contributed by atoms with Gasteiger partial charge in [-0.15, -0.1) is 0 Å². The van der Waals surface area contributed by atoms with Gasteiger partial charge in [0.05, 0.1) is 12.5 Å². The third-order valence-electron chi connectivity index (χ3n) is 4.29. The topological polar surface area (TPSA) is 180 Å².